The van der Waals surface area contributed by atoms with Crippen molar-refractivity contribution in [3.63, 3.8) is 0 Å². The third-order valence-corrected chi connectivity index (χ3v) is 4.73. The van der Waals surface area contributed by atoms with Crippen LogP contribution in [0.5, 0.6) is 11.5 Å². The standard InChI is InChI=1S/C25H24ClNO3/c1-19(16-20-6-4-3-5-7-20)17-27(22-10-14-23(29-2)15-11-22)25(28)18-30-24-12-8-21(26)9-13-24/h3-16H,17-18H2,1-2H3/b19-16+. The number of methoxy groups -OCH3 is 1. The first kappa shape index (κ1) is 21.5. The number of rotatable bonds is 8. The first-order chi connectivity index (χ1) is 14.5. The molecule has 0 unspecified atom stereocenters. The number of ether oxygens (including phenoxy) is 2. The van der Waals surface area contributed by atoms with E-state index in [1.54, 1.807) is 36.3 Å². The third kappa shape index (κ3) is 6.13. The third-order valence-electron chi connectivity index (χ3n) is 4.48. The summed E-state index contributed by atoms with van der Waals surface area (Å²) in [5.41, 5.74) is 2.92. The van der Waals surface area contributed by atoms with Crippen molar-refractivity contribution < 1.29 is 14.3 Å². The van der Waals surface area contributed by atoms with Gasteiger partial charge < -0.3 is 14.4 Å². The van der Waals surface area contributed by atoms with Gasteiger partial charge in [-0.3, -0.25) is 4.79 Å². The lowest BCUT2D eigenvalue weighted by atomic mass is 10.1. The SMILES string of the molecule is COc1ccc(N(C/C(C)=C/c2ccccc2)C(=O)COc2ccc(Cl)cc2)cc1. The number of carbonyl (C=O) groups is 1. The minimum absolute atomic E-state index is 0.0771. The molecule has 30 heavy (non-hydrogen) atoms. The Morgan fingerprint density at radius 2 is 1.57 bits per heavy atom. The Hall–Kier alpha value is -3.24. The largest absolute Gasteiger partial charge is 0.497 e. The summed E-state index contributed by atoms with van der Waals surface area (Å²) >= 11 is 5.91. The fourth-order valence-corrected chi connectivity index (χ4v) is 3.09. The van der Waals surface area contributed by atoms with Crippen LogP contribution < -0.4 is 14.4 Å². The molecule has 0 aliphatic heterocycles. The van der Waals surface area contributed by atoms with Crippen LogP contribution in [-0.2, 0) is 4.79 Å². The van der Waals surface area contributed by atoms with E-state index in [1.807, 2.05) is 61.5 Å². The van der Waals surface area contributed by atoms with Gasteiger partial charge in [-0.05, 0) is 61.0 Å². The molecule has 0 saturated heterocycles. The molecular formula is C25H24ClNO3. The maximum atomic E-state index is 13.0. The second-order valence-corrected chi connectivity index (χ2v) is 7.26. The lowest BCUT2D eigenvalue weighted by Gasteiger charge is -2.24. The maximum absolute atomic E-state index is 13.0. The van der Waals surface area contributed by atoms with Crippen molar-refractivity contribution in [2.45, 2.75) is 6.92 Å². The Morgan fingerprint density at radius 3 is 2.20 bits per heavy atom. The lowest BCUT2D eigenvalue weighted by Crippen LogP contribution is -2.36. The molecule has 154 valence electrons. The Labute approximate surface area is 182 Å². The van der Waals surface area contributed by atoms with E-state index in [1.165, 1.54) is 0 Å². The first-order valence-electron chi connectivity index (χ1n) is 9.60. The van der Waals surface area contributed by atoms with Crippen molar-refractivity contribution in [2.24, 2.45) is 0 Å². The van der Waals surface area contributed by atoms with Crippen LogP contribution in [0.2, 0.25) is 5.02 Å². The van der Waals surface area contributed by atoms with Gasteiger partial charge in [-0.2, -0.15) is 0 Å². The number of anilines is 1. The molecule has 1 amide bonds. The van der Waals surface area contributed by atoms with Gasteiger partial charge in [-0.1, -0.05) is 53.6 Å². The highest BCUT2D eigenvalue weighted by Crippen LogP contribution is 2.22. The maximum Gasteiger partial charge on any atom is 0.265 e. The number of benzene rings is 3. The molecule has 0 aliphatic carbocycles. The highest BCUT2D eigenvalue weighted by Gasteiger charge is 2.17. The Balaban J connectivity index is 1.77. The van der Waals surface area contributed by atoms with Crippen molar-refractivity contribution >= 4 is 29.3 Å². The minimum Gasteiger partial charge on any atom is -0.497 e. The summed E-state index contributed by atoms with van der Waals surface area (Å²) in [7, 11) is 1.62. The molecule has 0 N–H and O–H groups in total. The van der Waals surface area contributed by atoms with Crippen molar-refractivity contribution in [3.8, 4) is 11.5 Å². The van der Waals surface area contributed by atoms with Gasteiger partial charge in [0.25, 0.3) is 5.91 Å². The van der Waals surface area contributed by atoms with Gasteiger partial charge in [0.05, 0.1) is 7.11 Å². The van der Waals surface area contributed by atoms with E-state index in [2.05, 4.69) is 6.08 Å². The topological polar surface area (TPSA) is 38.8 Å². The van der Waals surface area contributed by atoms with Crippen LogP contribution in [0.4, 0.5) is 5.69 Å². The highest BCUT2D eigenvalue weighted by molar-refractivity contribution is 6.30. The van der Waals surface area contributed by atoms with Gasteiger partial charge in [0.2, 0.25) is 0 Å². The summed E-state index contributed by atoms with van der Waals surface area (Å²) in [4.78, 5) is 14.8. The van der Waals surface area contributed by atoms with E-state index in [9.17, 15) is 4.79 Å². The number of carbonyl (C=O) groups excluding carboxylic acids is 1. The Morgan fingerprint density at radius 1 is 0.933 bits per heavy atom. The van der Waals surface area contributed by atoms with Crippen LogP contribution in [0, 0.1) is 0 Å². The second kappa shape index (κ2) is 10.5. The molecule has 0 saturated carbocycles. The molecule has 0 heterocycles. The molecule has 0 radical (unpaired) electrons. The van der Waals surface area contributed by atoms with Gasteiger partial charge in [-0.15, -0.1) is 0 Å². The van der Waals surface area contributed by atoms with Crippen LogP contribution in [0.25, 0.3) is 6.08 Å². The molecular weight excluding hydrogens is 398 g/mol. The van der Waals surface area contributed by atoms with Crippen LogP contribution in [0.15, 0.2) is 84.4 Å². The van der Waals surface area contributed by atoms with Crippen molar-refractivity contribution in [3.05, 3.63) is 95.0 Å². The van der Waals surface area contributed by atoms with Crippen molar-refractivity contribution in [1.82, 2.24) is 0 Å². The van der Waals surface area contributed by atoms with Gasteiger partial charge in [-0.25, -0.2) is 0 Å². The zero-order chi connectivity index (χ0) is 21.3. The molecule has 4 nitrogen and oxygen atoms in total. The fourth-order valence-electron chi connectivity index (χ4n) is 2.97. The summed E-state index contributed by atoms with van der Waals surface area (Å²) in [5, 5.41) is 0.621. The molecule has 3 aromatic carbocycles. The van der Waals surface area contributed by atoms with Crippen molar-refractivity contribution in [1.29, 1.82) is 0 Å². The van der Waals surface area contributed by atoms with E-state index in [-0.39, 0.29) is 12.5 Å². The molecule has 3 rings (SSSR count). The van der Waals surface area contributed by atoms with Gasteiger partial charge in [0.1, 0.15) is 11.5 Å². The Bertz CT molecular complexity index is 983. The van der Waals surface area contributed by atoms with E-state index < -0.39 is 0 Å². The van der Waals surface area contributed by atoms with Gasteiger partial charge in [0, 0.05) is 17.3 Å². The molecule has 0 spiro atoms. The number of hydrogen-bond acceptors (Lipinski definition) is 3. The molecule has 5 heteroatoms. The minimum atomic E-state index is -0.143. The van der Waals surface area contributed by atoms with Gasteiger partial charge in [0.15, 0.2) is 6.61 Å². The molecule has 0 bridgehead atoms. The average Bonchev–Trinajstić information content (AvgIpc) is 2.77. The van der Waals surface area contributed by atoms with Crippen molar-refractivity contribution in [2.75, 3.05) is 25.2 Å². The molecule has 0 atom stereocenters. The number of hydrogen-bond donors (Lipinski definition) is 0. The van der Waals surface area contributed by atoms with Crippen LogP contribution in [0.3, 0.4) is 0 Å². The van der Waals surface area contributed by atoms with E-state index in [4.69, 9.17) is 21.1 Å². The highest BCUT2D eigenvalue weighted by atomic mass is 35.5. The molecule has 3 aromatic rings. The summed E-state index contributed by atoms with van der Waals surface area (Å²) in [6.07, 6.45) is 2.07. The zero-order valence-corrected chi connectivity index (χ0v) is 17.8. The van der Waals surface area contributed by atoms with E-state index in [0.29, 0.717) is 17.3 Å². The molecule has 0 fully saturated rings. The normalized spacial score (nSPS) is 11.1. The monoisotopic (exact) mass is 421 g/mol. The average molecular weight is 422 g/mol. The predicted molar refractivity (Wildman–Crippen MR) is 122 cm³/mol. The molecule has 0 aromatic heterocycles. The van der Waals surface area contributed by atoms with Crippen LogP contribution in [0.1, 0.15) is 12.5 Å². The summed E-state index contributed by atoms with van der Waals surface area (Å²) in [5.74, 6) is 1.19. The lowest BCUT2D eigenvalue weighted by molar-refractivity contribution is -0.120. The number of nitrogens with zero attached hydrogens (tertiary/aromatic N) is 1. The smallest absolute Gasteiger partial charge is 0.265 e. The summed E-state index contributed by atoms with van der Waals surface area (Å²) < 4.78 is 10.9. The Kier molecular flexibility index (Phi) is 7.52. The first-order valence-corrected chi connectivity index (χ1v) is 9.98. The fraction of sp³-hybridized carbons (Fsp3) is 0.160. The number of halogens is 1. The van der Waals surface area contributed by atoms with E-state index >= 15 is 0 Å². The van der Waals surface area contributed by atoms with Crippen LogP contribution in [-0.4, -0.2) is 26.2 Å². The summed E-state index contributed by atoms with van der Waals surface area (Å²) in [6.45, 7) is 2.38. The molecule has 0 aliphatic rings. The van der Waals surface area contributed by atoms with Crippen LogP contribution >= 0.6 is 11.6 Å². The predicted octanol–water partition coefficient (Wildman–Crippen LogP) is 5.86. The summed E-state index contributed by atoms with van der Waals surface area (Å²) in [6, 6.07) is 24.4. The van der Waals surface area contributed by atoms with E-state index in [0.717, 1.165) is 22.6 Å². The second-order valence-electron chi connectivity index (χ2n) is 6.82. The zero-order valence-electron chi connectivity index (χ0n) is 17.0. The quantitative estimate of drug-likeness (QED) is 0.457. The number of amides is 1. The van der Waals surface area contributed by atoms with Gasteiger partial charge >= 0.3 is 0 Å².